The molecule has 1 saturated carbocycles. The van der Waals surface area contributed by atoms with Crippen molar-refractivity contribution in [3.63, 3.8) is 0 Å². The van der Waals surface area contributed by atoms with E-state index in [4.69, 9.17) is 4.74 Å². The number of hydrogen-bond donors (Lipinski definition) is 2. The highest BCUT2D eigenvalue weighted by Crippen LogP contribution is 2.20. The first-order chi connectivity index (χ1) is 9.83. The van der Waals surface area contributed by atoms with Crippen molar-refractivity contribution >= 4 is 12.1 Å². The Balaban J connectivity index is 1.72. The Bertz CT molecular complexity index is 388. The summed E-state index contributed by atoms with van der Waals surface area (Å²) in [5.41, 5.74) is -0.466. The van der Waals surface area contributed by atoms with Gasteiger partial charge in [-0.15, -0.1) is 0 Å². The van der Waals surface area contributed by atoms with Crippen LogP contribution in [0.5, 0.6) is 0 Å². The third kappa shape index (κ3) is 5.81. The highest BCUT2D eigenvalue weighted by molar-refractivity contribution is 5.74. The highest BCUT2D eigenvalue weighted by Gasteiger charge is 2.28. The number of likely N-dealkylation sites (tertiary alicyclic amines) is 1. The second-order valence-electron chi connectivity index (χ2n) is 7.06. The highest BCUT2D eigenvalue weighted by atomic mass is 16.6. The molecule has 2 fully saturated rings. The van der Waals surface area contributed by atoms with Crippen LogP contribution >= 0.6 is 0 Å². The maximum Gasteiger partial charge on any atom is 0.410 e. The first kappa shape index (κ1) is 15.9. The molecule has 1 aliphatic heterocycles. The number of urea groups is 1. The van der Waals surface area contributed by atoms with Crippen LogP contribution in [0, 0.1) is 5.92 Å². The molecule has 1 atom stereocenters. The number of nitrogens with one attached hydrogen (secondary N) is 2. The van der Waals surface area contributed by atoms with Crippen molar-refractivity contribution < 1.29 is 14.3 Å². The normalized spacial score (nSPS) is 22.6. The topological polar surface area (TPSA) is 70.7 Å². The molecular formula is C15H27N3O3. The molecule has 21 heavy (non-hydrogen) atoms. The van der Waals surface area contributed by atoms with Crippen LogP contribution in [0.3, 0.4) is 0 Å². The van der Waals surface area contributed by atoms with Gasteiger partial charge in [0, 0.05) is 25.7 Å². The van der Waals surface area contributed by atoms with E-state index in [9.17, 15) is 9.59 Å². The zero-order valence-corrected chi connectivity index (χ0v) is 13.3. The average Bonchev–Trinajstić information content (AvgIpc) is 3.19. The summed E-state index contributed by atoms with van der Waals surface area (Å²) in [5, 5.41) is 5.81. The predicted molar refractivity (Wildman–Crippen MR) is 80.1 cm³/mol. The monoisotopic (exact) mass is 297 g/mol. The molecule has 2 aliphatic rings. The molecule has 0 radical (unpaired) electrons. The molecule has 120 valence electrons. The average molecular weight is 297 g/mol. The number of rotatable bonds is 3. The smallest absolute Gasteiger partial charge is 0.410 e. The van der Waals surface area contributed by atoms with E-state index in [1.54, 1.807) is 4.90 Å². The third-order valence-corrected chi connectivity index (χ3v) is 3.63. The Hall–Kier alpha value is -1.46. The van der Waals surface area contributed by atoms with Crippen molar-refractivity contribution in [2.24, 2.45) is 5.92 Å². The van der Waals surface area contributed by atoms with Gasteiger partial charge in [-0.3, -0.25) is 0 Å². The first-order valence-corrected chi connectivity index (χ1v) is 7.86. The zero-order chi connectivity index (χ0) is 15.5. The number of ether oxygens (including phenoxy) is 1. The van der Waals surface area contributed by atoms with Crippen molar-refractivity contribution in [1.29, 1.82) is 0 Å². The lowest BCUT2D eigenvalue weighted by atomic mass is 9.98. The fraction of sp³-hybridized carbons (Fsp3) is 0.867. The van der Waals surface area contributed by atoms with E-state index in [1.165, 1.54) is 0 Å². The summed E-state index contributed by atoms with van der Waals surface area (Å²) < 4.78 is 5.40. The summed E-state index contributed by atoms with van der Waals surface area (Å²) in [7, 11) is 0. The van der Waals surface area contributed by atoms with E-state index in [1.807, 2.05) is 20.8 Å². The number of piperidine rings is 1. The lowest BCUT2D eigenvalue weighted by molar-refractivity contribution is 0.0168. The van der Waals surface area contributed by atoms with Gasteiger partial charge >= 0.3 is 12.1 Å². The van der Waals surface area contributed by atoms with Gasteiger partial charge in [0.15, 0.2) is 0 Å². The fourth-order valence-corrected chi connectivity index (χ4v) is 2.43. The van der Waals surface area contributed by atoms with E-state index >= 15 is 0 Å². The summed E-state index contributed by atoms with van der Waals surface area (Å²) in [4.78, 5) is 25.4. The molecule has 0 aromatic rings. The summed E-state index contributed by atoms with van der Waals surface area (Å²) >= 11 is 0. The van der Waals surface area contributed by atoms with Gasteiger partial charge in [-0.1, -0.05) is 0 Å². The minimum Gasteiger partial charge on any atom is -0.444 e. The molecule has 0 bridgehead atoms. The van der Waals surface area contributed by atoms with Crippen molar-refractivity contribution in [2.75, 3.05) is 19.6 Å². The third-order valence-electron chi connectivity index (χ3n) is 3.63. The van der Waals surface area contributed by atoms with Crippen LogP contribution in [-0.2, 0) is 4.74 Å². The van der Waals surface area contributed by atoms with Gasteiger partial charge in [0.25, 0.3) is 0 Å². The zero-order valence-electron chi connectivity index (χ0n) is 13.3. The van der Waals surface area contributed by atoms with Crippen LogP contribution in [0.15, 0.2) is 0 Å². The van der Waals surface area contributed by atoms with E-state index in [2.05, 4.69) is 10.6 Å². The second-order valence-corrected chi connectivity index (χ2v) is 7.06. The lowest BCUT2D eigenvalue weighted by Gasteiger charge is -2.34. The van der Waals surface area contributed by atoms with Crippen LogP contribution in [0.25, 0.3) is 0 Å². The minimum atomic E-state index is -0.466. The first-order valence-electron chi connectivity index (χ1n) is 7.86. The van der Waals surface area contributed by atoms with Crippen LogP contribution in [-0.4, -0.2) is 48.3 Å². The minimum absolute atomic E-state index is 0.0908. The second kappa shape index (κ2) is 6.54. The summed E-state index contributed by atoms with van der Waals surface area (Å²) in [6.45, 7) is 7.61. The van der Waals surface area contributed by atoms with Crippen LogP contribution in [0.1, 0.15) is 46.5 Å². The van der Waals surface area contributed by atoms with Gasteiger partial charge in [0.05, 0.1) is 0 Å². The Morgan fingerprint density at radius 2 is 1.95 bits per heavy atom. The molecule has 0 spiro atoms. The number of amides is 3. The molecule has 0 unspecified atom stereocenters. The number of carbonyl (C=O) groups excluding carboxylic acids is 2. The van der Waals surface area contributed by atoms with Crippen LogP contribution in [0.2, 0.25) is 0 Å². The Morgan fingerprint density at radius 1 is 1.24 bits per heavy atom. The molecule has 6 heteroatoms. The van der Waals surface area contributed by atoms with Crippen LogP contribution in [0.4, 0.5) is 9.59 Å². The molecule has 0 aromatic carbocycles. The standard InChI is InChI=1S/C15H27N3O3/c1-15(2,3)21-14(20)18-8-4-5-11(10-18)9-16-13(19)17-12-6-7-12/h11-12H,4-10H2,1-3H3,(H2,16,17,19)/t11-/m0/s1. The van der Waals surface area contributed by atoms with Gasteiger partial charge < -0.3 is 20.3 Å². The van der Waals surface area contributed by atoms with Gasteiger partial charge in [0.2, 0.25) is 0 Å². The van der Waals surface area contributed by atoms with Crippen molar-refractivity contribution in [1.82, 2.24) is 15.5 Å². The number of carbonyl (C=O) groups is 2. The van der Waals surface area contributed by atoms with Gasteiger partial charge in [0.1, 0.15) is 5.60 Å². The van der Waals surface area contributed by atoms with Crippen molar-refractivity contribution in [3.8, 4) is 0 Å². The molecule has 1 aliphatic carbocycles. The maximum absolute atomic E-state index is 12.1. The maximum atomic E-state index is 12.1. The van der Waals surface area contributed by atoms with Crippen molar-refractivity contribution in [2.45, 2.75) is 58.1 Å². The quantitative estimate of drug-likeness (QED) is 0.838. The largest absolute Gasteiger partial charge is 0.444 e. The molecule has 0 aromatic heterocycles. The summed E-state index contributed by atoms with van der Waals surface area (Å²) in [5.74, 6) is 0.302. The molecule has 2 N–H and O–H groups in total. The molecule has 2 rings (SSSR count). The molecule has 3 amide bonds. The van der Waals surface area contributed by atoms with Crippen molar-refractivity contribution in [3.05, 3.63) is 0 Å². The van der Waals surface area contributed by atoms with E-state index in [0.717, 1.165) is 32.2 Å². The number of hydrogen-bond acceptors (Lipinski definition) is 3. The Morgan fingerprint density at radius 3 is 2.57 bits per heavy atom. The molecular weight excluding hydrogens is 270 g/mol. The SMILES string of the molecule is CC(C)(C)OC(=O)N1CCC[C@@H](CNC(=O)NC2CC2)C1. The fourth-order valence-electron chi connectivity index (χ4n) is 2.43. The molecule has 1 heterocycles. The predicted octanol–water partition coefficient (Wildman–Crippen LogP) is 2.10. The summed E-state index contributed by atoms with van der Waals surface area (Å²) in [6.07, 6.45) is 3.90. The van der Waals surface area contributed by atoms with Gasteiger partial charge in [-0.05, 0) is 52.4 Å². The molecule has 1 saturated heterocycles. The van der Waals surface area contributed by atoms with Gasteiger partial charge in [-0.25, -0.2) is 9.59 Å². The van der Waals surface area contributed by atoms with E-state index < -0.39 is 5.60 Å². The van der Waals surface area contributed by atoms with E-state index in [0.29, 0.717) is 25.0 Å². The van der Waals surface area contributed by atoms with Gasteiger partial charge in [-0.2, -0.15) is 0 Å². The van der Waals surface area contributed by atoms with Crippen LogP contribution < -0.4 is 10.6 Å². The summed E-state index contributed by atoms with van der Waals surface area (Å²) in [6, 6.07) is 0.279. The molecule has 6 nitrogen and oxygen atoms in total. The lowest BCUT2D eigenvalue weighted by Crippen LogP contribution is -2.47. The number of nitrogens with zero attached hydrogens (tertiary/aromatic N) is 1. The Kier molecular flexibility index (Phi) is 4.96. The van der Waals surface area contributed by atoms with E-state index in [-0.39, 0.29) is 12.1 Å². The Labute approximate surface area is 126 Å².